The molecule has 1 heterocycles. The summed E-state index contributed by atoms with van der Waals surface area (Å²) in [5.74, 6) is 0.671. The number of ether oxygens (including phenoxy) is 1. The van der Waals surface area contributed by atoms with E-state index in [0.717, 1.165) is 57.1 Å². The molecule has 6 heteroatoms. The average molecular weight is 364 g/mol. The number of morpholine rings is 1. The first-order valence-electron chi connectivity index (χ1n) is 9.13. The number of benzene rings is 1. The summed E-state index contributed by atoms with van der Waals surface area (Å²) in [6.07, 6.45) is 1.11. The van der Waals surface area contributed by atoms with Crippen LogP contribution in [0.15, 0.2) is 29.4 Å². The average Bonchev–Trinajstić information content (AvgIpc) is 2.61. The molecular weight excluding hydrogens is 332 g/mol. The molecule has 1 aliphatic heterocycles. The number of nitrogens with one attached hydrogen (secondary N) is 3. The van der Waals surface area contributed by atoms with Crippen LogP contribution in [0.3, 0.4) is 0 Å². The molecule has 0 atom stereocenters. The van der Waals surface area contributed by atoms with Crippen molar-refractivity contribution in [3.05, 3.63) is 35.4 Å². The summed E-state index contributed by atoms with van der Waals surface area (Å²) in [4.78, 5) is 1.56. The molecule has 1 aromatic carbocycles. The maximum Gasteiger partial charge on any atom is 0.187 e. The van der Waals surface area contributed by atoms with Gasteiger partial charge in [0.1, 0.15) is 13.1 Å². The SMILES string of the molecule is C/C(=N/NC(=S)NCC[NH+]1CCOCC1)c1ccc(CC(C)C)cc1. The Kier molecular flexibility index (Phi) is 8.31. The van der Waals surface area contributed by atoms with Crippen LogP contribution in [0.4, 0.5) is 0 Å². The quantitative estimate of drug-likeness (QED) is 0.384. The lowest BCUT2D eigenvalue weighted by atomic mass is 10.0. The Bertz CT molecular complexity index is 565. The molecule has 25 heavy (non-hydrogen) atoms. The van der Waals surface area contributed by atoms with Crippen molar-refractivity contribution in [2.24, 2.45) is 11.0 Å². The van der Waals surface area contributed by atoms with E-state index in [2.05, 4.69) is 54.0 Å². The van der Waals surface area contributed by atoms with E-state index in [-0.39, 0.29) is 0 Å². The Morgan fingerprint density at radius 3 is 2.56 bits per heavy atom. The number of hydrogen-bond acceptors (Lipinski definition) is 3. The maximum absolute atomic E-state index is 5.36. The van der Waals surface area contributed by atoms with Gasteiger partial charge in [-0.3, -0.25) is 5.43 Å². The third-order valence-electron chi connectivity index (χ3n) is 4.30. The molecule has 0 amide bonds. The molecule has 0 unspecified atom stereocenters. The molecule has 1 aromatic rings. The van der Waals surface area contributed by atoms with E-state index in [9.17, 15) is 0 Å². The normalized spacial score (nSPS) is 16.1. The van der Waals surface area contributed by atoms with Gasteiger partial charge in [0.2, 0.25) is 0 Å². The molecular formula is C19H31N4OS+. The van der Waals surface area contributed by atoms with Crippen LogP contribution < -0.4 is 15.6 Å². The van der Waals surface area contributed by atoms with Crippen molar-refractivity contribution in [1.82, 2.24) is 10.7 Å². The molecule has 3 N–H and O–H groups in total. The van der Waals surface area contributed by atoms with Crippen molar-refractivity contribution in [1.29, 1.82) is 0 Å². The monoisotopic (exact) mass is 363 g/mol. The highest BCUT2D eigenvalue weighted by Gasteiger charge is 2.12. The van der Waals surface area contributed by atoms with Crippen molar-refractivity contribution in [2.45, 2.75) is 27.2 Å². The van der Waals surface area contributed by atoms with E-state index in [4.69, 9.17) is 17.0 Å². The smallest absolute Gasteiger partial charge is 0.187 e. The molecule has 0 saturated carbocycles. The molecule has 1 saturated heterocycles. The third kappa shape index (κ3) is 7.50. The first kappa shape index (κ1) is 19.8. The Morgan fingerprint density at radius 1 is 1.24 bits per heavy atom. The topological polar surface area (TPSA) is 50.1 Å². The van der Waals surface area contributed by atoms with Gasteiger partial charge in [-0.05, 0) is 42.6 Å². The Hall–Kier alpha value is -1.50. The Morgan fingerprint density at radius 2 is 1.92 bits per heavy atom. The second-order valence-corrected chi connectivity index (χ2v) is 7.38. The number of quaternary nitrogens is 1. The van der Waals surface area contributed by atoms with E-state index in [1.165, 1.54) is 5.56 Å². The molecule has 138 valence electrons. The van der Waals surface area contributed by atoms with Crippen LogP contribution in [-0.4, -0.2) is 50.2 Å². The van der Waals surface area contributed by atoms with E-state index in [1.807, 2.05) is 6.92 Å². The van der Waals surface area contributed by atoms with Crippen LogP contribution in [0, 0.1) is 5.92 Å². The minimum Gasteiger partial charge on any atom is -0.370 e. The number of hydrogen-bond donors (Lipinski definition) is 3. The largest absolute Gasteiger partial charge is 0.370 e. The van der Waals surface area contributed by atoms with Gasteiger partial charge in [-0.15, -0.1) is 0 Å². The van der Waals surface area contributed by atoms with Gasteiger partial charge in [-0.1, -0.05) is 38.1 Å². The Balaban J connectivity index is 1.72. The van der Waals surface area contributed by atoms with Crippen molar-refractivity contribution in [3.8, 4) is 0 Å². The molecule has 0 aliphatic carbocycles. The van der Waals surface area contributed by atoms with Crippen LogP contribution in [0.5, 0.6) is 0 Å². The van der Waals surface area contributed by atoms with Gasteiger partial charge in [0.05, 0.1) is 32.0 Å². The zero-order valence-corrected chi connectivity index (χ0v) is 16.4. The fourth-order valence-electron chi connectivity index (χ4n) is 2.86. The standard InChI is InChI=1S/C19H30N4OS/c1-15(2)14-17-4-6-18(7-5-17)16(3)21-22-19(25)20-8-9-23-10-12-24-13-11-23/h4-7,15H,8-14H2,1-3H3,(H2,20,22,25)/p+1/b21-16-. The van der Waals surface area contributed by atoms with Crippen LogP contribution in [0.2, 0.25) is 0 Å². The van der Waals surface area contributed by atoms with E-state index >= 15 is 0 Å². The third-order valence-corrected chi connectivity index (χ3v) is 4.54. The number of hydrazone groups is 1. The molecule has 2 rings (SSSR count). The maximum atomic E-state index is 5.36. The molecule has 1 aliphatic rings. The molecule has 1 fully saturated rings. The van der Waals surface area contributed by atoms with Gasteiger partial charge in [0, 0.05) is 0 Å². The number of rotatable bonds is 7. The highest BCUT2D eigenvalue weighted by molar-refractivity contribution is 7.80. The van der Waals surface area contributed by atoms with Crippen LogP contribution in [0.25, 0.3) is 0 Å². The van der Waals surface area contributed by atoms with Crippen LogP contribution >= 0.6 is 12.2 Å². The van der Waals surface area contributed by atoms with Crippen molar-refractivity contribution in [3.63, 3.8) is 0 Å². The molecule has 0 spiro atoms. The van der Waals surface area contributed by atoms with Crippen LogP contribution in [0.1, 0.15) is 31.9 Å². The first-order valence-corrected chi connectivity index (χ1v) is 9.54. The summed E-state index contributed by atoms with van der Waals surface area (Å²) < 4.78 is 5.36. The van der Waals surface area contributed by atoms with Gasteiger partial charge >= 0.3 is 0 Å². The predicted molar refractivity (Wildman–Crippen MR) is 107 cm³/mol. The number of nitrogens with zero attached hydrogens (tertiary/aromatic N) is 1. The Labute approximate surface area is 156 Å². The molecule has 0 aromatic heterocycles. The molecule has 0 radical (unpaired) electrons. The van der Waals surface area contributed by atoms with Gasteiger partial charge in [0.25, 0.3) is 0 Å². The van der Waals surface area contributed by atoms with Crippen molar-refractivity contribution in [2.75, 3.05) is 39.4 Å². The lowest BCUT2D eigenvalue weighted by Crippen LogP contribution is -3.14. The van der Waals surface area contributed by atoms with Gasteiger partial charge in [0.15, 0.2) is 5.11 Å². The van der Waals surface area contributed by atoms with E-state index in [0.29, 0.717) is 11.0 Å². The minimum absolute atomic E-state index is 0.573. The van der Waals surface area contributed by atoms with Crippen LogP contribution in [-0.2, 0) is 11.2 Å². The zero-order valence-electron chi connectivity index (χ0n) is 15.6. The highest BCUT2D eigenvalue weighted by Crippen LogP contribution is 2.10. The van der Waals surface area contributed by atoms with Gasteiger partial charge in [-0.25, -0.2) is 0 Å². The lowest BCUT2D eigenvalue weighted by Gasteiger charge is -2.23. The summed E-state index contributed by atoms with van der Waals surface area (Å²) in [5.41, 5.74) is 6.34. The summed E-state index contributed by atoms with van der Waals surface area (Å²) in [7, 11) is 0. The predicted octanol–water partition coefficient (Wildman–Crippen LogP) is 0.988. The van der Waals surface area contributed by atoms with Gasteiger partial charge in [-0.2, -0.15) is 5.10 Å². The fourth-order valence-corrected chi connectivity index (χ4v) is 3.00. The molecule has 5 nitrogen and oxygen atoms in total. The fraction of sp³-hybridized carbons (Fsp3) is 0.579. The zero-order chi connectivity index (χ0) is 18.1. The second kappa shape index (κ2) is 10.5. The second-order valence-electron chi connectivity index (χ2n) is 6.97. The van der Waals surface area contributed by atoms with E-state index < -0.39 is 0 Å². The number of thiocarbonyl (C=S) groups is 1. The lowest BCUT2D eigenvalue weighted by molar-refractivity contribution is -0.906. The van der Waals surface area contributed by atoms with Crippen molar-refractivity contribution < 1.29 is 9.64 Å². The summed E-state index contributed by atoms with van der Waals surface area (Å²) in [6.45, 7) is 12.2. The molecule has 0 bridgehead atoms. The van der Waals surface area contributed by atoms with E-state index in [1.54, 1.807) is 4.90 Å². The van der Waals surface area contributed by atoms with Crippen molar-refractivity contribution >= 4 is 23.0 Å². The van der Waals surface area contributed by atoms with Gasteiger partial charge < -0.3 is 15.0 Å². The summed E-state index contributed by atoms with van der Waals surface area (Å²) >= 11 is 5.29. The highest BCUT2D eigenvalue weighted by atomic mass is 32.1. The first-order chi connectivity index (χ1) is 12.0. The summed E-state index contributed by atoms with van der Waals surface area (Å²) in [5, 5.41) is 8.18. The summed E-state index contributed by atoms with van der Waals surface area (Å²) in [6, 6.07) is 8.60. The minimum atomic E-state index is 0.573.